The minimum Gasteiger partial charge on any atom is -0.466 e. The monoisotopic (exact) mass is 282 g/mol. The Labute approximate surface area is 118 Å². The first-order chi connectivity index (χ1) is 9.10. The molecule has 106 valence electrons. The number of hydrogen-bond acceptors (Lipinski definition) is 5. The summed E-state index contributed by atoms with van der Waals surface area (Å²) in [6.45, 7) is 9.35. The highest BCUT2D eigenvalue weighted by atomic mass is 32.1. The van der Waals surface area contributed by atoms with Crippen molar-refractivity contribution in [3.05, 3.63) is 15.6 Å². The topological polar surface area (TPSA) is 42.4 Å². The summed E-state index contributed by atoms with van der Waals surface area (Å²) in [7, 11) is 0. The molecule has 2 heterocycles. The summed E-state index contributed by atoms with van der Waals surface area (Å²) in [5.74, 6) is 0.0686. The predicted molar refractivity (Wildman–Crippen MR) is 76.2 cm³/mol. The van der Waals surface area contributed by atoms with Crippen LogP contribution in [0.5, 0.6) is 0 Å². The first kappa shape index (κ1) is 14.5. The van der Waals surface area contributed by atoms with Crippen LogP contribution < -0.4 is 0 Å². The van der Waals surface area contributed by atoms with Gasteiger partial charge in [0.2, 0.25) is 0 Å². The lowest BCUT2D eigenvalue weighted by Gasteiger charge is -2.30. The number of likely N-dealkylation sites (tertiary alicyclic amines) is 1. The summed E-state index contributed by atoms with van der Waals surface area (Å²) in [5.41, 5.74) is 1.14. The highest BCUT2D eigenvalue weighted by molar-refractivity contribution is 7.11. The zero-order chi connectivity index (χ0) is 13.8. The Kier molecular flexibility index (Phi) is 4.93. The standard InChI is InChI=1S/C14H22N2O2S/c1-4-18-14(17)12-5-7-16(8-6-12)9-13-15-10(2)11(3)19-13/h12H,4-9H2,1-3H3. The van der Waals surface area contributed by atoms with Crippen LogP contribution in [0.3, 0.4) is 0 Å². The molecule has 1 saturated heterocycles. The van der Waals surface area contributed by atoms with Crippen molar-refractivity contribution in [3.8, 4) is 0 Å². The van der Waals surface area contributed by atoms with Gasteiger partial charge in [0.05, 0.1) is 24.8 Å². The summed E-state index contributed by atoms with van der Waals surface area (Å²) in [4.78, 5) is 19.9. The van der Waals surface area contributed by atoms with E-state index in [2.05, 4.69) is 23.7 Å². The second-order valence-corrected chi connectivity index (χ2v) is 6.34. The van der Waals surface area contributed by atoms with Crippen molar-refractivity contribution < 1.29 is 9.53 Å². The fraction of sp³-hybridized carbons (Fsp3) is 0.714. The molecule has 2 rings (SSSR count). The predicted octanol–water partition coefficient (Wildman–Crippen LogP) is 2.54. The van der Waals surface area contributed by atoms with E-state index in [0.717, 1.165) is 38.2 Å². The van der Waals surface area contributed by atoms with Crippen molar-refractivity contribution in [2.24, 2.45) is 5.92 Å². The van der Waals surface area contributed by atoms with Gasteiger partial charge in [-0.2, -0.15) is 0 Å². The number of esters is 1. The van der Waals surface area contributed by atoms with E-state index < -0.39 is 0 Å². The Hall–Kier alpha value is -0.940. The molecule has 1 fully saturated rings. The van der Waals surface area contributed by atoms with E-state index in [0.29, 0.717) is 6.61 Å². The largest absolute Gasteiger partial charge is 0.466 e. The van der Waals surface area contributed by atoms with Crippen LogP contribution in [0.4, 0.5) is 0 Å². The van der Waals surface area contributed by atoms with Crippen molar-refractivity contribution >= 4 is 17.3 Å². The molecule has 0 unspecified atom stereocenters. The number of carbonyl (C=O) groups excluding carboxylic acids is 1. The second-order valence-electron chi connectivity index (χ2n) is 5.05. The lowest BCUT2D eigenvalue weighted by molar-refractivity contribution is -0.149. The maximum absolute atomic E-state index is 11.7. The molecule has 0 saturated carbocycles. The Morgan fingerprint density at radius 3 is 2.63 bits per heavy atom. The molecule has 0 radical (unpaired) electrons. The molecule has 1 aliphatic heterocycles. The number of ether oxygens (including phenoxy) is 1. The third-order valence-electron chi connectivity index (χ3n) is 3.64. The molecular weight excluding hydrogens is 260 g/mol. The molecule has 0 bridgehead atoms. The summed E-state index contributed by atoms with van der Waals surface area (Å²) in [5, 5.41) is 1.18. The lowest BCUT2D eigenvalue weighted by atomic mass is 9.97. The third-order valence-corrected chi connectivity index (χ3v) is 4.70. The Morgan fingerprint density at radius 2 is 2.11 bits per heavy atom. The second kappa shape index (κ2) is 6.48. The van der Waals surface area contributed by atoms with Gasteiger partial charge >= 0.3 is 5.97 Å². The number of aromatic nitrogens is 1. The molecule has 0 spiro atoms. The first-order valence-electron chi connectivity index (χ1n) is 6.92. The molecule has 1 aliphatic rings. The number of carbonyl (C=O) groups is 1. The quantitative estimate of drug-likeness (QED) is 0.796. The van der Waals surface area contributed by atoms with Crippen LogP contribution in [0.1, 0.15) is 35.3 Å². The van der Waals surface area contributed by atoms with Gasteiger partial charge in [-0.3, -0.25) is 9.69 Å². The molecule has 5 heteroatoms. The summed E-state index contributed by atoms with van der Waals surface area (Å²) in [6.07, 6.45) is 1.81. The van der Waals surface area contributed by atoms with Crippen LogP contribution >= 0.6 is 11.3 Å². The Balaban J connectivity index is 1.82. The van der Waals surface area contributed by atoms with Crippen molar-refractivity contribution in [3.63, 3.8) is 0 Å². The molecule has 19 heavy (non-hydrogen) atoms. The number of aryl methyl sites for hydroxylation is 2. The van der Waals surface area contributed by atoms with E-state index in [1.165, 1.54) is 9.88 Å². The Bertz CT molecular complexity index is 417. The SMILES string of the molecule is CCOC(=O)C1CCN(Cc2nc(C)c(C)s2)CC1. The van der Waals surface area contributed by atoms with E-state index in [9.17, 15) is 4.79 Å². The van der Waals surface area contributed by atoms with E-state index in [1.54, 1.807) is 11.3 Å². The zero-order valence-electron chi connectivity index (χ0n) is 11.9. The van der Waals surface area contributed by atoms with Gasteiger partial charge in [0.1, 0.15) is 5.01 Å². The summed E-state index contributed by atoms with van der Waals surface area (Å²) < 4.78 is 5.09. The van der Waals surface area contributed by atoms with Crippen molar-refractivity contribution in [1.82, 2.24) is 9.88 Å². The van der Waals surface area contributed by atoms with Crippen LogP contribution in [0, 0.1) is 19.8 Å². The van der Waals surface area contributed by atoms with Crippen LogP contribution in [0.25, 0.3) is 0 Å². The molecule has 1 aromatic heterocycles. The number of rotatable bonds is 4. The van der Waals surface area contributed by atoms with Gasteiger partial charge in [0, 0.05) is 4.88 Å². The molecule has 0 aromatic carbocycles. The van der Waals surface area contributed by atoms with Gasteiger partial charge in [-0.25, -0.2) is 4.98 Å². The fourth-order valence-corrected chi connectivity index (χ4v) is 3.36. The van der Waals surface area contributed by atoms with Gasteiger partial charge < -0.3 is 4.74 Å². The maximum Gasteiger partial charge on any atom is 0.309 e. The van der Waals surface area contributed by atoms with Gasteiger partial charge in [-0.15, -0.1) is 11.3 Å². The summed E-state index contributed by atoms with van der Waals surface area (Å²) in [6, 6.07) is 0. The highest BCUT2D eigenvalue weighted by Crippen LogP contribution is 2.23. The number of hydrogen-bond donors (Lipinski definition) is 0. The van der Waals surface area contributed by atoms with E-state index in [4.69, 9.17) is 4.74 Å². The van der Waals surface area contributed by atoms with Crippen LogP contribution in [0.2, 0.25) is 0 Å². The highest BCUT2D eigenvalue weighted by Gasteiger charge is 2.26. The molecule has 0 N–H and O–H groups in total. The van der Waals surface area contributed by atoms with Crippen molar-refractivity contribution in [2.75, 3.05) is 19.7 Å². The van der Waals surface area contributed by atoms with E-state index >= 15 is 0 Å². The van der Waals surface area contributed by atoms with Crippen molar-refractivity contribution in [1.29, 1.82) is 0 Å². The lowest BCUT2D eigenvalue weighted by Crippen LogP contribution is -2.36. The molecule has 1 aromatic rings. The summed E-state index contributed by atoms with van der Waals surface area (Å²) >= 11 is 1.78. The van der Waals surface area contributed by atoms with Crippen LogP contribution in [-0.4, -0.2) is 35.5 Å². The Morgan fingerprint density at radius 1 is 1.42 bits per heavy atom. The smallest absolute Gasteiger partial charge is 0.309 e. The number of nitrogens with zero attached hydrogens (tertiary/aromatic N) is 2. The van der Waals surface area contributed by atoms with Gasteiger partial charge in [-0.1, -0.05) is 0 Å². The number of piperidine rings is 1. The normalized spacial score (nSPS) is 17.6. The van der Waals surface area contributed by atoms with E-state index in [-0.39, 0.29) is 11.9 Å². The van der Waals surface area contributed by atoms with Crippen LogP contribution in [0.15, 0.2) is 0 Å². The average Bonchev–Trinajstić information content (AvgIpc) is 2.69. The third kappa shape index (κ3) is 3.76. The first-order valence-corrected chi connectivity index (χ1v) is 7.73. The van der Waals surface area contributed by atoms with E-state index in [1.807, 2.05) is 6.92 Å². The molecule has 0 amide bonds. The van der Waals surface area contributed by atoms with Crippen LogP contribution in [-0.2, 0) is 16.1 Å². The molecule has 4 nitrogen and oxygen atoms in total. The minimum atomic E-state index is -0.0249. The molecule has 0 atom stereocenters. The van der Waals surface area contributed by atoms with Gasteiger partial charge in [0.25, 0.3) is 0 Å². The maximum atomic E-state index is 11.7. The van der Waals surface area contributed by atoms with Gasteiger partial charge in [-0.05, 0) is 46.7 Å². The van der Waals surface area contributed by atoms with Gasteiger partial charge in [0.15, 0.2) is 0 Å². The van der Waals surface area contributed by atoms with Crippen molar-refractivity contribution in [2.45, 2.75) is 40.2 Å². The average molecular weight is 282 g/mol. The zero-order valence-corrected chi connectivity index (χ0v) is 12.8. The molecule has 0 aliphatic carbocycles. The molecular formula is C14H22N2O2S. The number of thiazole rings is 1. The fourth-order valence-electron chi connectivity index (χ4n) is 2.38. The minimum absolute atomic E-state index is 0.0249.